The fraction of sp³-hybridized carbons (Fsp3) is 0.526. The summed E-state index contributed by atoms with van der Waals surface area (Å²) in [7, 11) is 0. The minimum Gasteiger partial charge on any atom is -0.510 e. The summed E-state index contributed by atoms with van der Waals surface area (Å²) >= 11 is 6.13. The third kappa shape index (κ3) is 2.75. The Labute approximate surface area is 152 Å². The molecular formula is C19H22ClNO4. The number of benzene rings is 1. The average molecular weight is 364 g/mol. The van der Waals surface area contributed by atoms with Gasteiger partial charge in [-0.1, -0.05) is 11.6 Å². The van der Waals surface area contributed by atoms with Crippen LogP contribution in [0.15, 0.2) is 24.0 Å². The maximum absolute atomic E-state index is 11.6. The predicted molar refractivity (Wildman–Crippen MR) is 93.5 cm³/mol. The summed E-state index contributed by atoms with van der Waals surface area (Å²) in [6.45, 7) is 4.58. The van der Waals surface area contributed by atoms with Gasteiger partial charge in [0.15, 0.2) is 5.79 Å². The van der Waals surface area contributed by atoms with Gasteiger partial charge in [0.2, 0.25) is 5.91 Å². The topological polar surface area (TPSA) is 67.8 Å². The second-order valence-electron chi connectivity index (χ2n) is 7.38. The minimum absolute atomic E-state index is 0.117. The lowest BCUT2D eigenvalue weighted by atomic mass is 9.78. The van der Waals surface area contributed by atoms with Crippen molar-refractivity contribution in [2.24, 2.45) is 0 Å². The van der Waals surface area contributed by atoms with Gasteiger partial charge in [0, 0.05) is 23.9 Å². The lowest BCUT2D eigenvalue weighted by Gasteiger charge is -2.41. The van der Waals surface area contributed by atoms with Gasteiger partial charge in [0.05, 0.1) is 12.1 Å². The highest BCUT2D eigenvalue weighted by atomic mass is 35.5. The molecule has 1 aliphatic carbocycles. The maximum atomic E-state index is 11.6. The highest BCUT2D eigenvalue weighted by Crippen LogP contribution is 2.48. The number of amides is 1. The molecule has 1 atom stereocenters. The molecule has 1 aromatic rings. The van der Waals surface area contributed by atoms with E-state index in [9.17, 15) is 9.90 Å². The summed E-state index contributed by atoms with van der Waals surface area (Å²) in [5.74, 6) is -0.736. The summed E-state index contributed by atoms with van der Waals surface area (Å²) in [6, 6.07) is 3.90. The highest BCUT2D eigenvalue weighted by molar-refractivity contribution is 6.30. The first-order chi connectivity index (χ1) is 11.8. The van der Waals surface area contributed by atoms with E-state index in [1.807, 2.05) is 26.0 Å². The molecule has 2 fully saturated rings. The normalized spacial score (nSPS) is 34.6. The molecule has 1 saturated carbocycles. The van der Waals surface area contributed by atoms with E-state index in [-0.39, 0.29) is 17.8 Å². The Morgan fingerprint density at radius 2 is 1.84 bits per heavy atom. The van der Waals surface area contributed by atoms with Crippen LogP contribution in [0.2, 0.25) is 5.02 Å². The third-order valence-electron chi connectivity index (χ3n) is 5.72. The van der Waals surface area contributed by atoms with Gasteiger partial charge >= 0.3 is 0 Å². The van der Waals surface area contributed by atoms with Crippen molar-refractivity contribution < 1.29 is 19.4 Å². The largest absolute Gasteiger partial charge is 0.510 e. The second kappa shape index (κ2) is 5.73. The number of hydrogen-bond donors (Lipinski definition) is 2. The number of aliphatic hydroxyl groups is 1. The van der Waals surface area contributed by atoms with Crippen LogP contribution in [0.5, 0.6) is 0 Å². The molecule has 0 radical (unpaired) electrons. The van der Waals surface area contributed by atoms with Crippen LogP contribution in [0.25, 0.3) is 0 Å². The number of carbonyl (C=O) groups excluding carboxylic acids is 1. The smallest absolute Gasteiger partial charge is 0.248 e. The molecule has 1 aromatic carbocycles. The van der Waals surface area contributed by atoms with Crippen molar-refractivity contribution in [1.29, 1.82) is 0 Å². The number of aryl methyl sites for hydroxylation is 2. The van der Waals surface area contributed by atoms with Crippen molar-refractivity contribution in [3.63, 3.8) is 0 Å². The van der Waals surface area contributed by atoms with Crippen molar-refractivity contribution in [1.82, 2.24) is 5.32 Å². The number of aliphatic hydroxyl groups excluding tert-OH is 1. The monoisotopic (exact) mass is 363 g/mol. The van der Waals surface area contributed by atoms with Gasteiger partial charge < -0.3 is 19.9 Å². The summed E-state index contributed by atoms with van der Waals surface area (Å²) < 4.78 is 12.4. The van der Waals surface area contributed by atoms with Gasteiger partial charge in [-0.05, 0) is 55.5 Å². The Balaban J connectivity index is 1.51. The summed E-state index contributed by atoms with van der Waals surface area (Å²) in [5.41, 5.74) is 2.70. The van der Waals surface area contributed by atoms with Gasteiger partial charge in [-0.15, -0.1) is 0 Å². The molecule has 3 aliphatic rings. The molecule has 2 spiro atoms. The van der Waals surface area contributed by atoms with Crippen LogP contribution < -0.4 is 5.32 Å². The van der Waals surface area contributed by atoms with Crippen LogP contribution >= 0.6 is 11.6 Å². The quantitative estimate of drug-likeness (QED) is 0.799. The van der Waals surface area contributed by atoms with E-state index < -0.39 is 11.3 Å². The molecule has 2 N–H and O–H groups in total. The molecule has 5 nitrogen and oxygen atoms in total. The van der Waals surface area contributed by atoms with Crippen molar-refractivity contribution >= 4 is 17.5 Å². The first kappa shape index (κ1) is 16.9. The zero-order valence-electron chi connectivity index (χ0n) is 14.4. The Hall–Kier alpha value is -1.56. The lowest BCUT2D eigenvalue weighted by molar-refractivity contribution is -0.195. The average Bonchev–Trinajstić information content (AvgIpc) is 3.04. The Morgan fingerprint density at radius 3 is 2.40 bits per heavy atom. The first-order valence-electron chi connectivity index (χ1n) is 8.64. The van der Waals surface area contributed by atoms with Gasteiger partial charge in [0.25, 0.3) is 0 Å². The van der Waals surface area contributed by atoms with Crippen molar-refractivity contribution in [2.75, 3.05) is 6.61 Å². The van der Waals surface area contributed by atoms with Crippen LogP contribution in [0.4, 0.5) is 0 Å². The van der Waals surface area contributed by atoms with Crippen LogP contribution in [0, 0.1) is 13.8 Å². The predicted octanol–water partition coefficient (Wildman–Crippen LogP) is 3.63. The SMILES string of the molecule is Cc1cc(Cl)cc(C)c1C1COC2(CCC3(CC2)NC(=O)C=C3O)O1. The van der Waals surface area contributed by atoms with Crippen LogP contribution in [0.3, 0.4) is 0 Å². The molecule has 2 aliphatic heterocycles. The van der Waals surface area contributed by atoms with Crippen LogP contribution in [-0.2, 0) is 14.3 Å². The number of ether oxygens (including phenoxy) is 2. The Kier molecular flexibility index (Phi) is 3.87. The standard InChI is InChI=1S/C19H22ClNO4/c1-11-7-13(20)8-12(2)17(11)14-10-24-19(25-14)5-3-18(4-6-19)15(22)9-16(23)21-18/h7-9,14,22H,3-6,10H2,1-2H3,(H,21,23). The fourth-order valence-corrected chi connectivity index (χ4v) is 4.75. The number of carbonyl (C=O) groups is 1. The van der Waals surface area contributed by atoms with Crippen molar-refractivity contribution in [3.05, 3.63) is 45.7 Å². The molecular weight excluding hydrogens is 342 g/mol. The van der Waals surface area contributed by atoms with Crippen LogP contribution in [0.1, 0.15) is 48.5 Å². The molecule has 1 saturated heterocycles. The third-order valence-corrected chi connectivity index (χ3v) is 5.94. The van der Waals surface area contributed by atoms with Gasteiger partial charge in [-0.25, -0.2) is 0 Å². The Bertz CT molecular complexity index is 742. The minimum atomic E-state index is -0.640. The lowest BCUT2D eigenvalue weighted by Crippen LogP contribution is -2.51. The van der Waals surface area contributed by atoms with E-state index in [0.29, 0.717) is 32.3 Å². The van der Waals surface area contributed by atoms with E-state index in [0.717, 1.165) is 21.7 Å². The summed E-state index contributed by atoms with van der Waals surface area (Å²) in [5, 5.41) is 13.7. The molecule has 1 unspecified atom stereocenters. The zero-order chi connectivity index (χ0) is 17.8. The van der Waals surface area contributed by atoms with Gasteiger partial charge in [0.1, 0.15) is 11.9 Å². The molecule has 2 heterocycles. The molecule has 4 rings (SSSR count). The molecule has 0 bridgehead atoms. The first-order valence-corrected chi connectivity index (χ1v) is 9.02. The fourth-order valence-electron chi connectivity index (χ4n) is 4.43. The van der Waals surface area contributed by atoms with Gasteiger partial charge in [-0.3, -0.25) is 4.79 Å². The van der Waals surface area contributed by atoms with Crippen molar-refractivity contribution in [3.8, 4) is 0 Å². The molecule has 0 aromatic heterocycles. The van der Waals surface area contributed by atoms with E-state index >= 15 is 0 Å². The highest BCUT2D eigenvalue weighted by Gasteiger charge is 2.52. The maximum Gasteiger partial charge on any atom is 0.248 e. The zero-order valence-corrected chi connectivity index (χ0v) is 15.2. The van der Waals surface area contributed by atoms with E-state index in [4.69, 9.17) is 21.1 Å². The number of rotatable bonds is 1. The number of hydrogen-bond acceptors (Lipinski definition) is 4. The van der Waals surface area contributed by atoms with Gasteiger partial charge in [-0.2, -0.15) is 0 Å². The molecule has 134 valence electrons. The second-order valence-corrected chi connectivity index (χ2v) is 7.82. The molecule has 25 heavy (non-hydrogen) atoms. The van der Waals surface area contributed by atoms with Crippen LogP contribution in [-0.4, -0.2) is 28.9 Å². The van der Waals surface area contributed by atoms with E-state index in [1.54, 1.807) is 0 Å². The number of nitrogens with one attached hydrogen (secondary N) is 1. The molecule has 6 heteroatoms. The van der Waals surface area contributed by atoms with E-state index in [1.165, 1.54) is 6.08 Å². The summed E-state index contributed by atoms with van der Waals surface area (Å²) in [4.78, 5) is 11.6. The number of halogens is 1. The summed E-state index contributed by atoms with van der Waals surface area (Å²) in [6.07, 6.45) is 3.63. The van der Waals surface area contributed by atoms with Crippen molar-refractivity contribution in [2.45, 2.75) is 57.0 Å². The Morgan fingerprint density at radius 1 is 1.20 bits per heavy atom. The molecule has 1 amide bonds. The van der Waals surface area contributed by atoms with E-state index in [2.05, 4.69) is 5.32 Å².